The first-order valence-electron chi connectivity index (χ1n) is 4.48. The summed E-state index contributed by atoms with van der Waals surface area (Å²) in [4.78, 5) is 0. The largest absolute Gasteiger partial charge is 0.0882 e. The first-order valence-corrected chi connectivity index (χ1v) is 4.48. The minimum atomic E-state index is 0.703. The van der Waals surface area contributed by atoms with Crippen LogP contribution in [0.5, 0.6) is 0 Å². The maximum Gasteiger partial charge on any atom is -0.0179 e. The third-order valence-electron chi connectivity index (χ3n) is 3.41. The van der Waals surface area contributed by atoms with Crippen molar-refractivity contribution in [3.8, 4) is 0 Å². The molecule has 0 aliphatic heterocycles. The molecular formula is C10H16. The maximum atomic E-state index is 2.47. The van der Waals surface area contributed by atoms with Gasteiger partial charge in [0.2, 0.25) is 0 Å². The van der Waals surface area contributed by atoms with E-state index in [1.807, 2.05) is 0 Å². The Morgan fingerprint density at radius 2 is 2.30 bits per heavy atom. The zero-order valence-electron chi connectivity index (χ0n) is 6.77. The van der Waals surface area contributed by atoms with Crippen molar-refractivity contribution < 1.29 is 0 Å². The van der Waals surface area contributed by atoms with Crippen molar-refractivity contribution in [2.45, 2.75) is 39.0 Å². The second kappa shape index (κ2) is 2.11. The highest BCUT2D eigenvalue weighted by Gasteiger charge is 2.37. The Morgan fingerprint density at radius 3 is 3.10 bits per heavy atom. The van der Waals surface area contributed by atoms with Gasteiger partial charge in [-0.15, -0.1) is 0 Å². The summed E-state index contributed by atoms with van der Waals surface area (Å²) in [5.41, 5.74) is 0.703. The maximum absolute atomic E-state index is 2.47. The Bertz CT molecular complexity index is 157. The second-order valence-electron chi connectivity index (χ2n) is 4.12. The SMILES string of the molecule is C[C@]12CCC=CC1CCC2. The van der Waals surface area contributed by atoms with Crippen molar-refractivity contribution in [2.75, 3.05) is 0 Å². The molecule has 0 amide bonds. The molecule has 0 nitrogen and oxygen atoms in total. The third kappa shape index (κ3) is 0.817. The van der Waals surface area contributed by atoms with Gasteiger partial charge in [-0.3, -0.25) is 0 Å². The van der Waals surface area contributed by atoms with Gasteiger partial charge in [0.1, 0.15) is 0 Å². The van der Waals surface area contributed by atoms with E-state index in [-0.39, 0.29) is 0 Å². The average Bonchev–Trinajstić information content (AvgIpc) is 2.29. The summed E-state index contributed by atoms with van der Waals surface area (Å²) in [5.74, 6) is 0.932. The van der Waals surface area contributed by atoms with Crippen LogP contribution < -0.4 is 0 Å². The summed E-state index contributed by atoms with van der Waals surface area (Å²) in [6.45, 7) is 2.47. The minimum Gasteiger partial charge on any atom is -0.0882 e. The Balaban J connectivity index is 2.22. The normalized spacial score (nSPS) is 45.5. The molecule has 0 aromatic carbocycles. The summed E-state index contributed by atoms with van der Waals surface area (Å²) < 4.78 is 0. The molecule has 0 spiro atoms. The van der Waals surface area contributed by atoms with E-state index in [9.17, 15) is 0 Å². The Labute approximate surface area is 63.3 Å². The molecular weight excluding hydrogens is 120 g/mol. The van der Waals surface area contributed by atoms with Gasteiger partial charge >= 0.3 is 0 Å². The number of hydrogen-bond acceptors (Lipinski definition) is 0. The molecule has 2 aliphatic carbocycles. The van der Waals surface area contributed by atoms with E-state index in [4.69, 9.17) is 0 Å². The highest BCUT2D eigenvalue weighted by atomic mass is 14.4. The quantitative estimate of drug-likeness (QED) is 0.449. The van der Waals surface area contributed by atoms with Crippen LogP contribution in [0.15, 0.2) is 12.2 Å². The lowest BCUT2D eigenvalue weighted by Gasteiger charge is -2.32. The van der Waals surface area contributed by atoms with Crippen molar-refractivity contribution >= 4 is 0 Å². The van der Waals surface area contributed by atoms with Gasteiger partial charge < -0.3 is 0 Å². The summed E-state index contributed by atoms with van der Waals surface area (Å²) >= 11 is 0. The van der Waals surface area contributed by atoms with Crippen LogP contribution in [-0.4, -0.2) is 0 Å². The van der Waals surface area contributed by atoms with Crippen molar-refractivity contribution in [2.24, 2.45) is 11.3 Å². The lowest BCUT2D eigenvalue weighted by Crippen LogP contribution is -2.22. The van der Waals surface area contributed by atoms with E-state index in [1.54, 1.807) is 0 Å². The molecule has 0 heterocycles. The van der Waals surface area contributed by atoms with Crippen LogP contribution in [0.3, 0.4) is 0 Å². The van der Waals surface area contributed by atoms with Crippen LogP contribution in [0.1, 0.15) is 39.0 Å². The van der Waals surface area contributed by atoms with Gasteiger partial charge in [-0.2, -0.15) is 0 Å². The fourth-order valence-corrected chi connectivity index (χ4v) is 2.57. The molecule has 0 bridgehead atoms. The topological polar surface area (TPSA) is 0 Å². The Hall–Kier alpha value is -0.260. The molecule has 0 aromatic heterocycles. The van der Waals surface area contributed by atoms with Gasteiger partial charge in [0.25, 0.3) is 0 Å². The van der Waals surface area contributed by atoms with E-state index in [1.165, 1.54) is 32.1 Å². The average molecular weight is 136 g/mol. The van der Waals surface area contributed by atoms with Crippen LogP contribution in [0, 0.1) is 11.3 Å². The van der Waals surface area contributed by atoms with E-state index in [2.05, 4.69) is 19.1 Å². The van der Waals surface area contributed by atoms with Crippen LogP contribution in [0.4, 0.5) is 0 Å². The van der Waals surface area contributed by atoms with Gasteiger partial charge in [-0.05, 0) is 37.0 Å². The molecule has 0 aromatic rings. The van der Waals surface area contributed by atoms with E-state index in [0.29, 0.717) is 5.41 Å². The third-order valence-corrected chi connectivity index (χ3v) is 3.41. The predicted octanol–water partition coefficient (Wildman–Crippen LogP) is 3.14. The second-order valence-corrected chi connectivity index (χ2v) is 4.12. The lowest BCUT2D eigenvalue weighted by molar-refractivity contribution is 0.239. The molecule has 2 rings (SSSR count). The van der Waals surface area contributed by atoms with E-state index >= 15 is 0 Å². The summed E-state index contributed by atoms with van der Waals surface area (Å²) in [6, 6.07) is 0. The zero-order chi connectivity index (χ0) is 7.03. The van der Waals surface area contributed by atoms with E-state index in [0.717, 1.165) is 5.92 Å². The zero-order valence-corrected chi connectivity index (χ0v) is 6.77. The van der Waals surface area contributed by atoms with Crippen LogP contribution >= 0.6 is 0 Å². The van der Waals surface area contributed by atoms with Crippen LogP contribution in [-0.2, 0) is 0 Å². The lowest BCUT2D eigenvalue weighted by atomic mass is 9.73. The molecule has 2 atom stereocenters. The van der Waals surface area contributed by atoms with Gasteiger partial charge in [0, 0.05) is 0 Å². The molecule has 1 unspecified atom stereocenters. The van der Waals surface area contributed by atoms with Crippen molar-refractivity contribution in [1.29, 1.82) is 0 Å². The summed E-state index contributed by atoms with van der Waals surface area (Å²) in [5, 5.41) is 0. The van der Waals surface area contributed by atoms with Gasteiger partial charge in [0.15, 0.2) is 0 Å². The van der Waals surface area contributed by atoms with Gasteiger partial charge in [-0.1, -0.05) is 25.5 Å². The molecule has 2 aliphatic rings. The summed E-state index contributed by atoms with van der Waals surface area (Å²) in [7, 11) is 0. The Morgan fingerprint density at radius 1 is 1.40 bits per heavy atom. The van der Waals surface area contributed by atoms with Gasteiger partial charge in [-0.25, -0.2) is 0 Å². The highest BCUT2D eigenvalue weighted by molar-refractivity contribution is 5.05. The highest BCUT2D eigenvalue weighted by Crippen LogP contribution is 2.49. The molecule has 1 fully saturated rings. The first kappa shape index (κ1) is 6.45. The van der Waals surface area contributed by atoms with Crippen LogP contribution in [0.25, 0.3) is 0 Å². The van der Waals surface area contributed by atoms with Crippen molar-refractivity contribution in [1.82, 2.24) is 0 Å². The first-order chi connectivity index (χ1) is 4.81. The predicted molar refractivity (Wildman–Crippen MR) is 43.8 cm³/mol. The smallest absolute Gasteiger partial charge is 0.0179 e. The van der Waals surface area contributed by atoms with Gasteiger partial charge in [0.05, 0.1) is 0 Å². The fraction of sp³-hybridized carbons (Fsp3) is 0.800. The van der Waals surface area contributed by atoms with E-state index < -0.39 is 0 Å². The minimum absolute atomic E-state index is 0.703. The fourth-order valence-electron chi connectivity index (χ4n) is 2.57. The number of hydrogen-bond donors (Lipinski definition) is 0. The molecule has 10 heavy (non-hydrogen) atoms. The van der Waals surface area contributed by atoms with Crippen molar-refractivity contribution in [3.63, 3.8) is 0 Å². The van der Waals surface area contributed by atoms with Crippen molar-refractivity contribution in [3.05, 3.63) is 12.2 Å². The molecule has 0 N–H and O–H groups in total. The van der Waals surface area contributed by atoms with Crippen LogP contribution in [0.2, 0.25) is 0 Å². The number of rotatable bonds is 0. The standard InChI is InChI=1S/C10H16/c1-10-7-3-2-5-9(10)6-4-8-10/h2,5,9H,3-4,6-8H2,1H3/t9?,10-/m1/s1. The molecule has 0 heteroatoms. The summed E-state index contributed by atoms with van der Waals surface area (Å²) in [6.07, 6.45) is 12.0. The molecule has 0 radical (unpaired) electrons. The molecule has 56 valence electrons. The molecule has 1 saturated carbocycles. The molecule has 0 saturated heterocycles. The number of fused-ring (bicyclic) bond motifs is 1. The number of allylic oxidation sites excluding steroid dienone is 2. The monoisotopic (exact) mass is 136 g/mol. The Kier molecular flexibility index (Phi) is 1.36.